The van der Waals surface area contributed by atoms with Crippen LogP contribution in [0.25, 0.3) is 21.7 Å². The molecule has 1 unspecified atom stereocenters. The van der Waals surface area contributed by atoms with Crippen molar-refractivity contribution < 1.29 is 9.52 Å². The van der Waals surface area contributed by atoms with Gasteiger partial charge in [-0.15, -0.1) is 11.3 Å². The molecule has 17 heavy (non-hydrogen) atoms. The minimum Gasteiger partial charge on any atom is -0.443 e. The van der Waals surface area contributed by atoms with E-state index in [2.05, 4.69) is 9.97 Å². The Hall–Kier alpha value is -1.72. The maximum Gasteiger partial charge on any atom is 0.182 e. The van der Waals surface area contributed by atoms with E-state index in [1.165, 1.54) is 17.7 Å². The maximum absolute atomic E-state index is 9.67. The van der Waals surface area contributed by atoms with Crippen molar-refractivity contribution in [2.24, 2.45) is 0 Å². The molecule has 3 rings (SSSR count). The second-order valence-electron chi connectivity index (χ2n) is 3.78. The fraction of sp³-hybridized carbons (Fsp3) is 0.167. The van der Waals surface area contributed by atoms with Crippen molar-refractivity contribution in [3.8, 4) is 10.6 Å². The van der Waals surface area contributed by atoms with E-state index < -0.39 is 6.10 Å². The van der Waals surface area contributed by atoms with Crippen LogP contribution < -0.4 is 0 Å². The highest BCUT2D eigenvalue weighted by Gasteiger charge is 2.14. The molecule has 0 aliphatic heterocycles. The van der Waals surface area contributed by atoms with Crippen molar-refractivity contribution in [3.05, 3.63) is 35.7 Å². The number of nitrogens with zero attached hydrogens (tertiary/aromatic N) is 2. The fourth-order valence-electron chi connectivity index (χ4n) is 1.75. The summed E-state index contributed by atoms with van der Waals surface area (Å²) < 4.78 is 5.38. The van der Waals surface area contributed by atoms with Gasteiger partial charge in [-0.25, -0.2) is 9.97 Å². The summed E-state index contributed by atoms with van der Waals surface area (Å²) in [6.07, 6.45) is 2.63. The van der Waals surface area contributed by atoms with Gasteiger partial charge in [0.05, 0.1) is 11.7 Å². The van der Waals surface area contributed by atoms with Gasteiger partial charge in [-0.2, -0.15) is 0 Å². The molecule has 2 heterocycles. The van der Waals surface area contributed by atoms with Crippen molar-refractivity contribution >= 4 is 22.4 Å². The zero-order valence-corrected chi connectivity index (χ0v) is 9.94. The van der Waals surface area contributed by atoms with Crippen molar-refractivity contribution in [3.63, 3.8) is 0 Å². The Kier molecular flexibility index (Phi) is 2.42. The van der Waals surface area contributed by atoms with Gasteiger partial charge in [0.1, 0.15) is 10.5 Å². The standard InChI is InChI=1S/C12H10N2O2S/c1-7(15)8-4-9(12-13-2-3-17-12)11-10(5-8)14-6-16-11/h2-7,15H,1H3. The number of aliphatic hydroxyl groups is 1. The summed E-state index contributed by atoms with van der Waals surface area (Å²) in [7, 11) is 0. The number of thiazole rings is 1. The van der Waals surface area contributed by atoms with Gasteiger partial charge in [0.2, 0.25) is 0 Å². The quantitative estimate of drug-likeness (QED) is 0.755. The first-order chi connectivity index (χ1) is 8.25. The van der Waals surface area contributed by atoms with Gasteiger partial charge in [0.15, 0.2) is 12.0 Å². The van der Waals surface area contributed by atoms with Crippen molar-refractivity contribution in [1.82, 2.24) is 9.97 Å². The van der Waals surface area contributed by atoms with E-state index in [1.807, 2.05) is 17.5 Å². The largest absolute Gasteiger partial charge is 0.443 e. The lowest BCUT2D eigenvalue weighted by Crippen LogP contribution is -1.92. The minimum atomic E-state index is -0.533. The van der Waals surface area contributed by atoms with Crippen LogP contribution in [-0.4, -0.2) is 15.1 Å². The van der Waals surface area contributed by atoms with Crippen molar-refractivity contribution in [2.45, 2.75) is 13.0 Å². The summed E-state index contributed by atoms with van der Waals surface area (Å²) in [5.41, 5.74) is 3.15. The minimum absolute atomic E-state index is 0.533. The zero-order chi connectivity index (χ0) is 11.8. The van der Waals surface area contributed by atoms with Gasteiger partial charge < -0.3 is 9.52 Å². The van der Waals surface area contributed by atoms with Crippen LogP contribution in [-0.2, 0) is 0 Å². The summed E-state index contributed by atoms with van der Waals surface area (Å²) in [6.45, 7) is 1.73. The highest BCUT2D eigenvalue weighted by Crippen LogP contribution is 2.32. The average Bonchev–Trinajstić information content (AvgIpc) is 2.98. The Balaban J connectivity index is 2.31. The first-order valence-electron chi connectivity index (χ1n) is 5.21. The number of hydrogen-bond donors (Lipinski definition) is 1. The number of benzene rings is 1. The van der Waals surface area contributed by atoms with E-state index in [4.69, 9.17) is 4.42 Å². The highest BCUT2D eigenvalue weighted by molar-refractivity contribution is 7.13. The smallest absolute Gasteiger partial charge is 0.182 e. The molecule has 1 atom stereocenters. The second kappa shape index (κ2) is 3.94. The third-order valence-corrected chi connectivity index (χ3v) is 3.41. The van der Waals surface area contributed by atoms with Crippen LogP contribution in [0.4, 0.5) is 0 Å². The molecule has 0 aliphatic rings. The molecular weight excluding hydrogens is 236 g/mol. The van der Waals surface area contributed by atoms with Crippen LogP contribution in [0.2, 0.25) is 0 Å². The first-order valence-corrected chi connectivity index (χ1v) is 6.09. The molecule has 1 N–H and O–H groups in total. The van der Waals surface area contributed by atoms with E-state index in [-0.39, 0.29) is 0 Å². The third-order valence-electron chi connectivity index (χ3n) is 2.60. The van der Waals surface area contributed by atoms with Gasteiger partial charge in [-0.3, -0.25) is 0 Å². The van der Waals surface area contributed by atoms with Gasteiger partial charge in [0.25, 0.3) is 0 Å². The van der Waals surface area contributed by atoms with Crippen LogP contribution in [0.5, 0.6) is 0 Å². The summed E-state index contributed by atoms with van der Waals surface area (Å²) in [5.74, 6) is 0. The fourth-order valence-corrected chi connectivity index (χ4v) is 2.40. The van der Waals surface area contributed by atoms with Crippen LogP contribution >= 0.6 is 11.3 Å². The van der Waals surface area contributed by atoms with Crippen molar-refractivity contribution in [2.75, 3.05) is 0 Å². The molecule has 0 saturated carbocycles. The van der Waals surface area contributed by atoms with Crippen LogP contribution in [0.15, 0.2) is 34.5 Å². The molecule has 4 nitrogen and oxygen atoms in total. The van der Waals surface area contributed by atoms with Gasteiger partial charge >= 0.3 is 0 Å². The number of aromatic nitrogens is 2. The van der Waals surface area contributed by atoms with E-state index in [0.29, 0.717) is 5.58 Å². The lowest BCUT2D eigenvalue weighted by Gasteiger charge is -2.06. The molecule has 86 valence electrons. The van der Waals surface area contributed by atoms with E-state index in [9.17, 15) is 5.11 Å². The molecule has 0 aliphatic carbocycles. The molecule has 0 radical (unpaired) electrons. The number of oxazole rings is 1. The van der Waals surface area contributed by atoms with E-state index in [0.717, 1.165) is 21.7 Å². The molecule has 0 saturated heterocycles. The SMILES string of the molecule is CC(O)c1cc(-c2nccs2)c2ocnc2c1. The normalized spacial score (nSPS) is 13.1. The topological polar surface area (TPSA) is 59.2 Å². The number of hydrogen-bond acceptors (Lipinski definition) is 5. The highest BCUT2D eigenvalue weighted by atomic mass is 32.1. The lowest BCUT2D eigenvalue weighted by molar-refractivity contribution is 0.199. The average molecular weight is 246 g/mol. The molecule has 2 aromatic heterocycles. The van der Waals surface area contributed by atoms with Crippen LogP contribution in [0.3, 0.4) is 0 Å². The van der Waals surface area contributed by atoms with Gasteiger partial charge in [-0.05, 0) is 24.6 Å². The monoisotopic (exact) mass is 246 g/mol. The molecular formula is C12H10N2O2S. The molecule has 3 aromatic rings. The van der Waals surface area contributed by atoms with E-state index in [1.54, 1.807) is 13.1 Å². The van der Waals surface area contributed by atoms with E-state index >= 15 is 0 Å². The summed E-state index contributed by atoms with van der Waals surface area (Å²) in [5, 5.41) is 12.4. The van der Waals surface area contributed by atoms with Crippen LogP contribution in [0.1, 0.15) is 18.6 Å². The van der Waals surface area contributed by atoms with Gasteiger partial charge in [0, 0.05) is 11.6 Å². The summed E-state index contributed by atoms with van der Waals surface area (Å²) >= 11 is 1.53. The predicted octanol–water partition coefficient (Wildman–Crippen LogP) is 3.00. The second-order valence-corrected chi connectivity index (χ2v) is 4.68. The van der Waals surface area contributed by atoms with Crippen LogP contribution in [0, 0.1) is 0 Å². The van der Waals surface area contributed by atoms with Crippen molar-refractivity contribution in [1.29, 1.82) is 0 Å². The lowest BCUT2D eigenvalue weighted by atomic mass is 10.1. The Labute approximate surface area is 102 Å². The molecule has 0 spiro atoms. The zero-order valence-electron chi connectivity index (χ0n) is 9.12. The Morgan fingerprint density at radius 3 is 2.94 bits per heavy atom. The third kappa shape index (κ3) is 1.73. The first kappa shape index (κ1) is 10.4. The molecule has 1 aromatic carbocycles. The Morgan fingerprint density at radius 1 is 1.35 bits per heavy atom. The Bertz CT molecular complexity index is 644. The maximum atomic E-state index is 9.67. The number of rotatable bonds is 2. The molecule has 0 fully saturated rings. The molecule has 5 heteroatoms. The predicted molar refractivity (Wildman–Crippen MR) is 65.8 cm³/mol. The molecule has 0 amide bonds. The number of aliphatic hydroxyl groups excluding tert-OH is 1. The number of fused-ring (bicyclic) bond motifs is 1. The molecule has 0 bridgehead atoms. The summed E-state index contributed by atoms with van der Waals surface area (Å²) in [6, 6.07) is 3.73. The Morgan fingerprint density at radius 2 is 2.24 bits per heavy atom. The summed E-state index contributed by atoms with van der Waals surface area (Å²) in [4.78, 5) is 8.40. The van der Waals surface area contributed by atoms with Gasteiger partial charge in [-0.1, -0.05) is 0 Å².